The van der Waals surface area contributed by atoms with E-state index in [0.29, 0.717) is 6.54 Å². The molecule has 0 saturated heterocycles. The summed E-state index contributed by atoms with van der Waals surface area (Å²) in [7, 11) is -0.102. The number of rotatable bonds is 5. The van der Waals surface area contributed by atoms with Gasteiger partial charge in [0.05, 0.1) is 5.69 Å². The van der Waals surface area contributed by atoms with Crippen molar-refractivity contribution in [3.8, 4) is 0 Å². The van der Waals surface area contributed by atoms with Crippen molar-refractivity contribution in [1.82, 2.24) is 9.62 Å². The number of likely N-dealkylation sites (N-methyl/N-ethyl adjacent to an activating group) is 1. The van der Waals surface area contributed by atoms with E-state index in [-0.39, 0.29) is 17.1 Å². The van der Waals surface area contributed by atoms with Gasteiger partial charge in [0.1, 0.15) is 10.7 Å². The molecule has 0 amide bonds. The molecule has 0 saturated carbocycles. The second kappa shape index (κ2) is 5.44. The van der Waals surface area contributed by atoms with E-state index in [1.165, 1.54) is 6.07 Å². The van der Waals surface area contributed by atoms with Crippen molar-refractivity contribution in [3.05, 3.63) is 24.0 Å². The fourth-order valence-electron chi connectivity index (χ4n) is 1.22. The van der Waals surface area contributed by atoms with E-state index in [1.54, 1.807) is 0 Å². The molecule has 0 unspecified atom stereocenters. The third-order valence-electron chi connectivity index (χ3n) is 2.12. The largest absolute Gasteiger partial charge is 0.398 e. The molecule has 0 heterocycles. The summed E-state index contributed by atoms with van der Waals surface area (Å²) >= 11 is 0. The fourth-order valence-corrected chi connectivity index (χ4v) is 2.38. The van der Waals surface area contributed by atoms with E-state index in [0.717, 1.165) is 12.1 Å². The molecular formula is C10H16FN3O2S. The van der Waals surface area contributed by atoms with Gasteiger partial charge in [-0.2, -0.15) is 0 Å². The topological polar surface area (TPSA) is 75.4 Å². The zero-order valence-corrected chi connectivity index (χ0v) is 10.6. The zero-order valence-electron chi connectivity index (χ0n) is 9.77. The maximum absolute atomic E-state index is 13.0. The van der Waals surface area contributed by atoms with Crippen molar-refractivity contribution in [3.63, 3.8) is 0 Å². The molecule has 7 heteroatoms. The summed E-state index contributed by atoms with van der Waals surface area (Å²) in [5.41, 5.74) is 5.54. The van der Waals surface area contributed by atoms with Crippen LogP contribution in [0.25, 0.3) is 0 Å². The van der Waals surface area contributed by atoms with Crippen LogP contribution in [-0.2, 0) is 10.0 Å². The SMILES string of the molecule is CN(C)CCNS(=O)(=O)c1cc(F)ccc1N. The Morgan fingerprint density at radius 3 is 2.65 bits per heavy atom. The Hall–Kier alpha value is -1.18. The maximum atomic E-state index is 13.0. The molecule has 0 aromatic heterocycles. The van der Waals surface area contributed by atoms with Gasteiger partial charge in [0.25, 0.3) is 0 Å². The monoisotopic (exact) mass is 261 g/mol. The number of nitrogen functional groups attached to an aromatic ring is 1. The summed E-state index contributed by atoms with van der Waals surface area (Å²) in [6.07, 6.45) is 0. The summed E-state index contributed by atoms with van der Waals surface area (Å²) in [5, 5.41) is 0. The molecule has 1 aromatic carbocycles. The van der Waals surface area contributed by atoms with Crippen LogP contribution in [0.4, 0.5) is 10.1 Å². The molecule has 3 N–H and O–H groups in total. The average molecular weight is 261 g/mol. The normalized spacial score (nSPS) is 12.0. The van der Waals surface area contributed by atoms with Gasteiger partial charge < -0.3 is 10.6 Å². The zero-order chi connectivity index (χ0) is 13.1. The van der Waals surface area contributed by atoms with Crippen LogP contribution < -0.4 is 10.5 Å². The first-order valence-corrected chi connectivity index (χ1v) is 6.50. The second-order valence-corrected chi connectivity index (χ2v) is 5.62. The molecule has 0 aliphatic carbocycles. The Kier molecular flexibility index (Phi) is 4.44. The molecule has 0 bridgehead atoms. The van der Waals surface area contributed by atoms with Crippen LogP contribution in [0, 0.1) is 5.82 Å². The van der Waals surface area contributed by atoms with Crippen molar-refractivity contribution in [2.75, 3.05) is 32.9 Å². The van der Waals surface area contributed by atoms with Gasteiger partial charge in [-0.25, -0.2) is 17.5 Å². The Balaban J connectivity index is 2.86. The van der Waals surface area contributed by atoms with E-state index in [9.17, 15) is 12.8 Å². The van der Waals surface area contributed by atoms with E-state index in [1.807, 2.05) is 19.0 Å². The minimum Gasteiger partial charge on any atom is -0.398 e. The molecule has 0 aliphatic rings. The summed E-state index contributed by atoms with van der Waals surface area (Å²) in [4.78, 5) is 1.61. The first kappa shape index (κ1) is 13.9. The molecule has 96 valence electrons. The van der Waals surface area contributed by atoms with Crippen LogP contribution >= 0.6 is 0 Å². The van der Waals surface area contributed by atoms with E-state index >= 15 is 0 Å². The number of nitrogens with two attached hydrogens (primary N) is 1. The smallest absolute Gasteiger partial charge is 0.242 e. The number of anilines is 1. The Morgan fingerprint density at radius 2 is 2.06 bits per heavy atom. The highest BCUT2D eigenvalue weighted by molar-refractivity contribution is 7.89. The van der Waals surface area contributed by atoms with Crippen molar-refractivity contribution < 1.29 is 12.8 Å². The molecule has 0 atom stereocenters. The molecule has 0 fully saturated rings. The average Bonchev–Trinajstić information content (AvgIpc) is 2.20. The number of hydrogen-bond acceptors (Lipinski definition) is 4. The van der Waals surface area contributed by atoms with Gasteiger partial charge in [0, 0.05) is 13.1 Å². The third kappa shape index (κ3) is 3.95. The third-order valence-corrected chi connectivity index (χ3v) is 3.63. The lowest BCUT2D eigenvalue weighted by Crippen LogP contribution is -2.31. The highest BCUT2D eigenvalue weighted by Gasteiger charge is 2.17. The van der Waals surface area contributed by atoms with E-state index < -0.39 is 15.8 Å². The molecule has 1 rings (SSSR count). The predicted molar refractivity (Wildman–Crippen MR) is 64.6 cm³/mol. The van der Waals surface area contributed by atoms with Crippen molar-refractivity contribution in [1.29, 1.82) is 0 Å². The first-order valence-electron chi connectivity index (χ1n) is 5.02. The van der Waals surface area contributed by atoms with Gasteiger partial charge in [0.15, 0.2) is 0 Å². The van der Waals surface area contributed by atoms with E-state index in [2.05, 4.69) is 4.72 Å². The minimum absolute atomic E-state index is 0.0313. The van der Waals surface area contributed by atoms with Crippen LogP contribution in [-0.4, -0.2) is 40.5 Å². The van der Waals surface area contributed by atoms with Crippen LogP contribution in [0.1, 0.15) is 0 Å². The number of nitrogens with one attached hydrogen (secondary N) is 1. The fraction of sp³-hybridized carbons (Fsp3) is 0.400. The molecule has 5 nitrogen and oxygen atoms in total. The van der Waals surface area contributed by atoms with Crippen molar-refractivity contribution in [2.24, 2.45) is 0 Å². The van der Waals surface area contributed by atoms with Gasteiger partial charge in [0.2, 0.25) is 10.0 Å². The van der Waals surface area contributed by atoms with Crippen LogP contribution in [0.15, 0.2) is 23.1 Å². The Morgan fingerprint density at radius 1 is 1.41 bits per heavy atom. The lowest BCUT2D eigenvalue weighted by molar-refractivity contribution is 0.412. The number of benzene rings is 1. The van der Waals surface area contributed by atoms with Gasteiger partial charge >= 0.3 is 0 Å². The van der Waals surface area contributed by atoms with Gasteiger partial charge in [-0.15, -0.1) is 0 Å². The Labute approximate surface area is 100 Å². The van der Waals surface area contributed by atoms with Crippen molar-refractivity contribution in [2.45, 2.75) is 4.90 Å². The van der Waals surface area contributed by atoms with Crippen LogP contribution in [0.2, 0.25) is 0 Å². The summed E-state index contributed by atoms with van der Waals surface area (Å²) in [5.74, 6) is -0.632. The van der Waals surface area contributed by atoms with Gasteiger partial charge in [-0.1, -0.05) is 0 Å². The maximum Gasteiger partial charge on any atom is 0.242 e. The summed E-state index contributed by atoms with van der Waals surface area (Å²) < 4.78 is 39.0. The van der Waals surface area contributed by atoms with Crippen LogP contribution in [0.5, 0.6) is 0 Å². The number of halogens is 1. The number of sulfonamides is 1. The lowest BCUT2D eigenvalue weighted by Gasteiger charge is -2.12. The summed E-state index contributed by atoms with van der Waals surface area (Å²) in [6, 6.07) is 3.26. The van der Waals surface area contributed by atoms with Crippen LogP contribution in [0.3, 0.4) is 0 Å². The summed E-state index contributed by atoms with van der Waals surface area (Å²) in [6.45, 7) is 0.791. The second-order valence-electron chi connectivity index (χ2n) is 3.88. The molecule has 0 aliphatic heterocycles. The van der Waals surface area contributed by atoms with Gasteiger partial charge in [-0.3, -0.25) is 0 Å². The highest BCUT2D eigenvalue weighted by atomic mass is 32.2. The quantitative estimate of drug-likeness (QED) is 0.745. The molecule has 0 spiro atoms. The molecule has 1 aromatic rings. The van der Waals surface area contributed by atoms with E-state index in [4.69, 9.17) is 5.73 Å². The first-order chi connectivity index (χ1) is 7.83. The van der Waals surface area contributed by atoms with Gasteiger partial charge in [-0.05, 0) is 32.3 Å². The molecular weight excluding hydrogens is 245 g/mol. The lowest BCUT2D eigenvalue weighted by atomic mass is 10.3. The molecule has 17 heavy (non-hydrogen) atoms. The Bertz CT molecular complexity index is 488. The van der Waals surface area contributed by atoms with Crippen molar-refractivity contribution >= 4 is 15.7 Å². The number of nitrogens with zero attached hydrogens (tertiary/aromatic N) is 1. The predicted octanol–water partition coefficient (Wildman–Crippen LogP) is 0.248. The minimum atomic E-state index is -3.75. The molecule has 0 radical (unpaired) electrons. The number of hydrogen-bond donors (Lipinski definition) is 2. The highest BCUT2D eigenvalue weighted by Crippen LogP contribution is 2.18. The standard InChI is InChI=1S/C10H16FN3O2S/c1-14(2)6-5-13-17(15,16)10-7-8(11)3-4-9(10)12/h3-4,7,13H,5-6,12H2,1-2H3.